The van der Waals surface area contributed by atoms with Gasteiger partial charge in [-0.2, -0.15) is 0 Å². The van der Waals surface area contributed by atoms with E-state index < -0.39 is 0 Å². The van der Waals surface area contributed by atoms with E-state index in [1.807, 2.05) is 13.8 Å². The standard InChI is InChI=1S/C23H26FN3O2/c1-13-17(12-22(28)15-6-8-27(3)9-7-15)14(2)25-21(13)11-19-18-10-16(24)4-5-20(18)26-23(19)29/h4-5,10-11,15,25H,6-9,12H2,1-3H3,(H,26,29)/b19-11-. The van der Waals surface area contributed by atoms with Crippen LogP contribution in [-0.4, -0.2) is 41.7 Å². The molecule has 6 heteroatoms. The van der Waals surface area contributed by atoms with Gasteiger partial charge in [-0.05, 0) is 82.2 Å². The fraction of sp³-hybridized carbons (Fsp3) is 0.391. The Bertz CT molecular complexity index is 1010. The van der Waals surface area contributed by atoms with Crippen LogP contribution in [0.25, 0.3) is 11.6 Å². The molecule has 0 radical (unpaired) electrons. The minimum absolute atomic E-state index is 0.122. The van der Waals surface area contributed by atoms with E-state index in [4.69, 9.17) is 0 Å². The lowest BCUT2D eigenvalue weighted by atomic mass is 9.88. The van der Waals surface area contributed by atoms with Gasteiger partial charge in [0.15, 0.2) is 0 Å². The monoisotopic (exact) mass is 395 g/mol. The van der Waals surface area contributed by atoms with Crippen LogP contribution in [0.5, 0.6) is 0 Å². The smallest absolute Gasteiger partial charge is 0.256 e. The first kappa shape index (κ1) is 19.6. The summed E-state index contributed by atoms with van der Waals surface area (Å²) in [6, 6.07) is 4.27. The van der Waals surface area contributed by atoms with E-state index in [9.17, 15) is 14.0 Å². The molecule has 1 aromatic heterocycles. The van der Waals surface area contributed by atoms with Crippen LogP contribution in [0, 0.1) is 25.6 Å². The van der Waals surface area contributed by atoms with Crippen LogP contribution in [0.3, 0.4) is 0 Å². The Morgan fingerprint density at radius 2 is 2.00 bits per heavy atom. The number of piperidine rings is 1. The van der Waals surface area contributed by atoms with Gasteiger partial charge < -0.3 is 15.2 Å². The first-order chi connectivity index (χ1) is 13.8. The molecule has 0 spiro atoms. The van der Waals surface area contributed by atoms with Gasteiger partial charge in [-0.15, -0.1) is 0 Å². The van der Waals surface area contributed by atoms with Crippen LogP contribution in [0.4, 0.5) is 10.1 Å². The summed E-state index contributed by atoms with van der Waals surface area (Å²) in [5.74, 6) is -0.221. The molecule has 1 saturated heterocycles. The van der Waals surface area contributed by atoms with Crippen LogP contribution in [0.15, 0.2) is 18.2 Å². The van der Waals surface area contributed by atoms with Gasteiger partial charge in [-0.1, -0.05) is 0 Å². The predicted molar refractivity (Wildman–Crippen MR) is 112 cm³/mol. The van der Waals surface area contributed by atoms with Crippen molar-refractivity contribution < 1.29 is 14.0 Å². The molecule has 29 heavy (non-hydrogen) atoms. The lowest BCUT2D eigenvalue weighted by Crippen LogP contribution is -2.34. The number of anilines is 1. The highest BCUT2D eigenvalue weighted by atomic mass is 19.1. The average Bonchev–Trinajstić information content (AvgIpc) is 3.13. The molecule has 152 valence electrons. The van der Waals surface area contributed by atoms with Crippen molar-refractivity contribution in [3.63, 3.8) is 0 Å². The fourth-order valence-electron chi connectivity index (χ4n) is 4.32. The summed E-state index contributed by atoms with van der Waals surface area (Å²) < 4.78 is 13.7. The Morgan fingerprint density at radius 1 is 1.28 bits per heavy atom. The van der Waals surface area contributed by atoms with Gasteiger partial charge >= 0.3 is 0 Å². The molecule has 0 bridgehead atoms. The minimum atomic E-state index is -0.380. The van der Waals surface area contributed by atoms with E-state index in [1.54, 1.807) is 12.1 Å². The van der Waals surface area contributed by atoms with Gasteiger partial charge in [0.25, 0.3) is 5.91 Å². The van der Waals surface area contributed by atoms with Crippen molar-refractivity contribution in [2.24, 2.45) is 5.92 Å². The van der Waals surface area contributed by atoms with Crippen LogP contribution in [0.1, 0.15) is 40.9 Å². The van der Waals surface area contributed by atoms with E-state index in [0.29, 0.717) is 23.2 Å². The SMILES string of the molecule is Cc1[nH]c(/C=C2\C(=O)Nc3ccc(F)cc32)c(C)c1CC(=O)C1CCN(C)CC1. The van der Waals surface area contributed by atoms with Crippen molar-refractivity contribution in [1.29, 1.82) is 0 Å². The lowest BCUT2D eigenvalue weighted by molar-refractivity contribution is -0.123. The second kappa shape index (κ2) is 7.59. The summed E-state index contributed by atoms with van der Waals surface area (Å²) in [5.41, 5.74) is 5.29. The Labute approximate surface area is 170 Å². The highest BCUT2D eigenvalue weighted by Gasteiger charge is 2.27. The maximum Gasteiger partial charge on any atom is 0.256 e. The summed E-state index contributed by atoms with van der Waals surface area (Å²) in [6.07, 6.45) is 3.99. The molecule has 2 N–H and O–H groups in total. The number of aromatic nitrogens is 1. The maximum absolute atomic E-state index is 13.7. The van der Waals surface area contributed by atoms with Gasteiger partial charge in [0.05, 0.1) is 5.57 Å². The molecule has 0 atom stereocenters. The number of carbonyl (C=O) groups is 2. The van der Waals surface area contributed by atoms with Crippen LogP contribution >= 0.6 is 0 Å². The number of benzene rings is 1. The van der Waals surface area contributed by atoms with Crippen LogP contribution < -0.4 is 5.32 Å². The van der Waals surface area contributed by atoms with E-state index >= 15 is 0 Å². The number of Topliss-reactive ketones (excluding diaryl/α,β-unsaturated/α-hetero) is 1. The Hall–Kier alpha value is -2.73. The highest BCUT2D eigenvalue weighted by Crippen LogP contribution is 2.34. The third-order valence-electron chi connectivity index (χ3n) is 6.21. The zero-order chi connectivity index (χ0) is 20.7. The fourth-order valence-corrected chi connectivity index (χ4v) is 4.32. The molecule has 2 aliphatic rings. The van der Waals surface area contributed by atoms with Gasteiger partial charge in [-0.3, -0.25) is 9.59 Å². The van der Waals surface area contributed by atoms with Gasteiger partial charge in [0, 0.05) is 35.0 Å². The predicted octanol–water partition coefficient (Wildman–Crippen LogP) is 3.72. The summed E-state index contributed by atoms with van der Waals surface area (Å²) in [4.78, 5) is 30.8. The van der Waals surface area contributed by atoms with Crippen molar-refractivity contribution in [3.8, 4) is 0 Å². The summed E-state index contributed by atoms with van der Waals surface area (Å²) in [6.45, 7) is 5.84. The Balaban J connectivity index is 1.60. The number of ketones is 1. The summed E-state index contributed by atoms with van der Waals surface area (Å²) in [5, 5.41) is 2.77. The average molecular weight is 395 g/mol. The molecule has 1 fully saturated rings. The molecule has 2 aromatic rings. The number of fused-ring (bicyclic) bond motifs is 1. The number of H-pyrrole nitrogens is 1. The lowest BCUT2D eigenvalue weighted by Gasteiger charge is -2.28. The first-order valence-corrected chi connectivity index (χ1v) is 10.1. The summed E-state index contributed by atoms with van der Waals surface area (Å²) >= 11 is 0. The quantitative estimate of drug-likeness (QED) is 0.776. The highest BCUT2D eigenvalue weighted by molar-refractivity contribution is 6.34. The summed E-state index contributed by atoms with van der Waals surface area (Å²) in [7, 11) is 2.09. The number of carbonyl (C=O) groups excluding carboxylic acids is 2. The topological polar surface area (TPSA) is 65.2 Å². The molecule has 0 unspecified atom stereocenters. The molecular weight excluding hydrogens is 369 g/mol. The minimum Gasteiger partial charge on any atom is -0.359 e. The zero-order valence-corrected chi connectivity index (χ0v) is 17.1. The number of halogens is 1. The molecular formula is C23H26FN3O2. The molecule has 0 saturated carbocycles. The number of aromatic amines is 1. The molecule has 1 amide bonds. The molecule has 3 heterocycles. The number of hydrogen-bond acceptors (Lipinski definition) is 3. The van der Waals surface area contributed by atoms with Crippen LogP contribution in [0.2, 0.25) is 0 Å². The number of amides is 1. The maximum atomic E-state index is 13.7. The second-order valence-corrected chi connectivity index (χ2v) is 8.19. The molecule has 4 rings (SSSR count). The number of rotatable bonds is 4. The van der Waals surface area contributed by atoms with Crippen molar-refractivity contribution in [2.75, 3.05) is 25.5 Å². The zero-order valence-electron chi connectivity index (χ0n) is 17.1. The number of aryl methyl sites for hydroxylation is 1. The Morgan fingerprint density at radius 3 is 2.72 bits per heavy atom. The Kier molecular flexibility index (Phi) is 5.13. The van der Waals surface area contributed by atoms with E-state index in [1.165, 1.54) is 12.1 Å². The third kappa shape index (κ3) is 3.77. The first-order valence-electron chi connectivity index (χ1n) is 10.1. The second-order valence-electron chi connectivity index (χ2n) is 8.19. The van der Waals surface area contributed by atoms with Crippen molar-refractivity contribution in [2.45, 2.75) is 33.1 Å². The largest absolute Gasteiger partial charge is 0.359 e. The normalized spacial score (nSPS) is 18.9. The third-order valence-corrected chi connectivity index (χ3v) is 6.21. The number of nitrogens with zero attached hydrogens (tertiary/aromatic N) is 1. The number of likely N-dealkylation sites (tertiary alicyclic amines) is 1. The number of hydrogen-bond donors (Lipinski definition) is 2. The van der Waals surface area contributed by atoms with E-state index in [-0.39, 0.29) is 23.4 Å². The van der Waals surface area contributed by atoms with Gasteiger partial charge in [0.2, 0.25) is 0 Å². The molecule has 1 aromatic carbocycles. The van der Waals surface area contributed by atoms with Crippen molar-refractivity contribution in [1.82, 2.24) is 9.88 Å². The van der Waals surface area contributed by atoms with Gasteiger partial charge in [0.1, 0.15) is 11.6 Å². The number of nitrogens with one attached hydrogen (secondary N) is 2. The molecule has 5 nitrogen and oxygen atoms in total. The van der Waals surface area contributed by atoms with Crippen molar-refractivity contribution in [3.05, 3.63) is 52.1 Å². The molecule has 2 aliphatic heterocycles. The molecule has 0 aliphatic carbocycles. The van der Waals surface area contributed by atoms with E-state index in [2.05, 4.69) is 22.2 Å². The van der Waals surface area contributed by atoms with Crippen LogP contribution in [-0.2, 0) is 16.0 Å². The van der Waals surface area contributed by atoms with Gasteiger partial charge in [-0.25, -0.2) is 4.39 Å². The van der Waals surface area contributed by atoms with Crippen molar-refractivity contribution >= 4 is 29.0 Å². The van der Waals surface area contributed by atoms with E-state index in [0.717, 1.165) is 48.4 Å².